The highest BCUT2D eigenvalue weighted by Crippen LogP contribution is 2.41. The highest BCUT2D eigenvalue weighted by molar-refractivity contribution is 7.19. The second-order valence-electron chi connectivity index (χ2n) is 10.6. The number of carbonyl (C=O) groups excluding carboxylic acids is 2. The zero-order valence-electron chi connectivity index (χ0n) is 23.2. The van der Waals surface area contributed by atoms with E-state index in [1.54, 1.807) is 13.1 Å². The Morgan fingerprint density at radius 3 is 2.52 bits per heavy atom. The summed E-state index contributed by atoms with van der Waals surface area (Å²) in [5.74, 6) is -3.30. The molecule has 0 bridgehead atoms. The fraction of sp³-hybridized carbons (Fsp3) is 0.300. The van der Waals surface area contributed by atoms with Crippen LogP contribution in [-0.4, -0.2) is 56.6 Å². The topological polar surface area (TPSA) is 128 Å². The fourth-order valence-electron chi connectivity index (χ4n) is 5.41. The van der Waals surface area contributed by atoms with Gasteiger partial charge in [0.1, 0.15) is 0 Å². The Bertz CT molecular complexity index is 1870. The molecule has 2 aliphatic heterocycles. The SMILES string of the molecule is CC1=CC(=O)N(Cc2cc3nccc(-c4cc(Cl)cc5ccn(CC6(C#N)CCNCC6)c45)c3s2)C1=O.O=C(O)C(F)(F)F. The van der Waals surface area contributed by atoms with Crippen LogP contribution in [0.2, 0.25) is 5.02 Å². The number of nitriles is 1. The lowest BCUT2D eigenvalue weighted by Gasteiger charge is -2.32. The van der Waals surface area contributed by atoms with Crippen LogP contribution in [0, 0.1) is 16.7 Å². The van der Waals surface area contributed by atoms with Gasteiger partial charge >= 0.3 is 12.1 Å². The van der Waals surface area contributed by atoms with Crippen LogP contribution >= 0.6 is 22.9 Å². The molecular formula is C30H25ClF3N5O4S. The van der Waals surface area contributed by atoms with Gasteiger partial charge in [0.25, 0.3) is 11.8 Å². The molecule has 1 saturated heterocycles. The molecule has 5 heterocycles. The van der Waals surface area contributed by atoms with Gasteiger partial charge in [0, 0.05) is 57.0 Å². The van der Waals surface area contributed by atoms with E-state index in [2.05, 4.69) is 27.0 Å². The van der Waals surface area contributed by atoms with E-state index in [-0.39, 0.29) is 18.4 Å². The lowest BCUT2D eigenvalue weighted by Crippen LogP contribution is -2.38. The summed E-state index contributed by atoms with van der Waals surface area (Å²) >= 11 is 8.10. The van der Waals surface area contributed by atoms with Crippen molar-refractivity contribution >= 4 is 61.8 Å². The second kappa shape index (κ2) is 12.0. The maximum absolute atomic E-state index is 12.4. The van der Waals surface area contributed by atoms with Crippen LogP contribution < -0.4 is 5.32 Å². The molecule has 0 unspecified atom stereocenters. The van der Waals surface area contributed by atoms with Gasteiger partial charge in [-0.05, 0) is 63.2 Å². The monoisotopic (exact) mass is 643 g/mol. The molecule has 4 aromatic rings. The number of carbonyl (C=O) groups is 3. The van der Waals surface area contributed by atoms with Crippen LogP contribution in [0.1, 0.15) is 24.6 Å². The van der Waals surface area contributed by atoms with E-state index in [9.17, 15) is 28.0 Å². The van der Waals surface area contributed by atoms with Crippen molar-refractivity contribution in [3.63, 3.8) is 0 Å². The average Bonchev–Trinajstić information content (AvgIpc) is 3.64. The van der Waals surface area contributed by atoms with Gasteiger partial charge in [-0.1, -0.05) is 11.6 Å². The van der Waals surface area contributed by atoms with Crippen molar-refractivity contribution in [1.29, 1.82) is 5.26 Å². The quantitative estimate of drug-likeness (QED) is 0.259. The Labute approximate surface area is 258 Å². The summed E-state index contributed by atoms with van der Waals surface area (Å²) in [7, 11) is 0. The number of imide groups is 1. The molecule has 0 radical (unpaired) electrons. The van der Waals surface area contributed by atoms with Crippen molar-refractivity contribution in [3.05, 3.63) is 64.3 Å². The van der Waals surface area contributed by atoms with E-state index in [1.165, 1.54) is 22.3 Å². The van der Waals surface area contributed by atoms with Gasteiger partial charge in [0.05, 0.1) is 33.8 Å². The van der Waals surface area contributed by atoms with Crippen molar-refractivity contribution in [2.24, 2.45) is 5.41 Å². The van der Waals surface area contributed by atoms with Crippen LogP contribution in [-0.2, 0) is 27.5 Å². The first-order valence-corrected chi connectivity index (χ1v) is 14.6. The number of hydrogen-bond acceptors (Lipinski definition) is 7. The first-order chi connectivity index (χ1) is 20.8. The third-order valence-corrected chi connectivity index (χ3v) is 8.95. The lowest BCUT2D eigenvalue weighted by molar-refractivity contribution is -0.192. The number of aliphatic carboxylic acids is 1. The van der Waals surface area contributed by atoms with E-state index in [0.29, 0.717) is 17.1 Å². The summed E-state index contributed by atoms with van der Waals surface area (Å²) in [5, 5.41) is 22.2. The largest absolute Gasteiger partial charge is 0.490 e. The normalized spacial score (nSPS) is 16.5. The third kappa shape index (κ3) is 6.19. The zero-order chi connectivity index (χ0) is 31.8. The average molecular weight is 644 g/mol. The van der Waals surface area contributed by atoms with Gasteiger partial charge in [0.2, 0.25) is 0 Å². The van der Waals surface area contributed by atoms with Gasteiger partial charge in [-0.2, -0.15) is 18.4 Å². The number of nitrogens with zero attached hydrogens (tertiary/aromatic N) is 4. The molecule has 228 valence electrons. The van der Waals surface area contributed by atoms with Crippen molar-refractivity contribution in [3.8, 4) is 17.2 Å². The van der Waals surface area contributed by atoms with Gasteiger partial charge in [-0.3, -0.25) is 19.5 Å². The summed E-state index contributed by atoms with van der Waals surface area (Å²) in [6.07, 6.45) is 1.73. The first-order valence-electron chi connectivity index (χ1n) is 13.4. The van der Waals surface area contributed by atoms with Gasteiger partial charge in [-0.25, -0.2) is 4.79 Å². The number of benzene rings is 1. The summed E-state index contributed by atoms with van der Waals surface area (Å²) in [6.45, 7) is 4.16. The molecular weight excluding hydrogens is 619 g/mol. The predicted molar refractivity (Wildman–Crippen MR) is 159 cm³/mol. The number of amides is 2. The predicted octanol–water partition coefficient (Wildman–Crippen LogP) is 5.91. The summed E-state index contributed by atoms with van der Waals surface area (Å²) in [5.41, 5.74) is 3.83. The van der Waals surface area contributed by atoms with Crippen molar-refractivity contribution in [1.82, 2.24) is 19.8 Å². The number of carboxylic acid groups (broad SMARTS) is 1. The minimum absolute atomic E-state index is 0.214. The van der Waals surface area contributed by atoms with Crippen LogP contribution in [0.3, 0.4) is 0 Å². The summed E-state index contributed by atoms with van der Waals surface area (Å²) in [4.78, 5) is 40.3. The number of thiophene rings is 1. The minimum Gasteiger partial charge on any atom is -0.475 e. The molecule has 1 aromatic carbocycles. The van der Waals surface area contributed by atoms with Crippen molar-refractivity contribution in [2.75, 3.05) is 13.1 Å². The number of nitrogens with one attached hydrogen (secondary N) is 1. The molecule has 3 aromatic heterocycles. The van der Waals surface area contributed by atoms with Crippen LogP contribution in [0.4, 0.5) is 13.2 Å². The molecule has 1 fully saturated rings. The van der Waals surface area contributed by atoms with Gasteiger partial charge < -0.3 is 15.0 Å². The highest BCUT2D eigenvalue weighted by atomic mass is 35.5. The van der Waals surface area contributed by atoms with E-state index >= 15 is 0 Å². The van der Waals surface area contributed by atoms with Crippen molar-refractivity contribution < 1.29 is 32.7 Å². The molecule has 44 heavy (non-hydrogen) atoms. The molecule has 0 spiro atoms. The molecule has 6 rings (SSSR count). The van der Waals surface area contributed by atoms with Gasteiger partial charge in [0.15, 0.2) is 0 Å². The maximum Gasteiger partial charge on any atom is 0.490 e. The summed E-state index contributed by atoms with van der Waals surface area (Å²) < 4.78 is 34.9. The third-order valence-electron chi connectivity index (χ3n) is 7.59. The number of hydrogen-bond donors (Lipinski definition) is 2. The Hall–Kier alpha value is -4.25. The van der Waals surface area contributed by atoms with Gasteiger partial charge in [-0.15, -0.1) is 11.3 Å². The standard InChI is InChI=1S/C28H24ClN5O2S.C2HF3O2/c1-17-10-24(35)34(27(17)36)14-20-13-23-26(37-20)21(2-6-32-23)22-12-19(29)11-18-3-9-33(25(18)22)16-28(15-30)4-7-31-8-5-28;3-2(4,5)1(6)7/h2-3,6,9-13,31H,4-5,7-8,14,16H2,1H3;(H,6,7). The zero-order valence-corrected chi connectivity index (χ0v) is 24.8. The number of halogens is 4. The maximum atomic E-state index is 12.4. The lowest BCUT2D eigenvalue weighted by atomic mass is 9.80. The van der Waals surface area contributed by atoms with E-state index in [4.69, 9.17) is 21.5 Å². The number of rotatable bonds is 5. The van der Waals surface area contributed by atoms with E-state index in [1.807, 2.05) is 30.5 Å². The first kappa shape index (κ1) is 31.2. The molecule has 2 N–H and O–H groups in total. The molecule has 0 saturated carbocycles. The Balaban J connectivity index is 0.000000493. The van der Waals surface area contributed by atoms with E-state index < -0.39 is 17.6 Å². The molecule has 9 nitrogen and oxygen atoms in total. The molecule has 0 aliphatic carbocycles. The highest BCUT2D eigenvalue weighted by Gasteiger charge is 2.38. The Morgan fingerprint density at radius 1 is 1.20 bits per heavy atom. The Kier molecular flexibility index (Phi) is 8.53. The summed E-state index contributed by atoms with van der Waals surface area (Å²) in [6, 6.07) is 12.5. The number of aromatic nitrogens is 2. The van der Waals surface area contributed by atoms with Crippen LogP contribution in [0.25, 0.3) is 32.2 Å². The molecule has 14 heteroatoms. The number of carboxylic acids is 1. The number of pyridine rings is 1. The molecule has 0 atom stereocenters. The number of alkyl halides is 3. The molecule has 2 aliphatic rings. The number of fused-ring (bicyclic) bond motifs is 2. The molecule has 2 amide bonds. The van der Waals surface area contributed by atoms with Crippen LogP contribution in [0.5, 0.6) is 0 Å². The van der Waals surface area contributed by atoms with Crippen LogP contribution in [0.15, 0.2) is 54.4 Å². The van der Waals surface area contributed by atoms with E-state index in [0.717, 1.165) is 63.1 Å². The smallest absolute Gasteiger partial charge is 0.475 e. The second-order valence-corrected chi connectivity index (χ2v) is 12.2. The minimum atomic E-state index is -5.08. The fourth-order valence-corrected chi connectivity index (χ4v) is 6.76. The Morgan fingerprint density at radius 2 is 1.91 bits per heavy atom. The number of piperidine rings is 1. The van der Waals surface area contributed by atoms with Crippen molar-refractivity contribution in [2.45, 2.75) is 39.0 Å².